The Morgan fingerprint density at radius 1 is 0.925 bits per heavy atom. The molecule has 10 heteroatoms. The Morgan fingerprint density at radius 3 is 2.45 bits per heavy atom. The van der Waals surface area contributed by atoms with Crippen molar-refractivity contribution in [3.8, 4) is 11.5 Å². The van der Waals surface area contributed by atoms with Crippen LogP contribution in [0, 0.1) is 10.1 Å². The van der Waals surface area contributed by atoms with Crippen molar-refractivity contribution in [2.75, 3.05) is 10.6 Å². The molecule has 0 aliphatic heterocycles. The minimum Gasteiger partial charge on any atom is -0.436 e. The highest BCUT2D eigenvalue weighted by atomic mass is 32.2. The maximum atomic E-state index is 13.1. The number of fused-ring (bicyclic) bond motifs is 1. The summed E-state index contributed by atoms with van der Waals surface area (Å²) in [6.45, 7) is 1.93. The highest BCUT2D eigenvalue weighted by Crippen LogP contribution is 2.30. The number of non-ortho nitro benzene ring substituents is 1. The van der Waals surface area contributed by atoms with Crippen molar-refractivity contribution in [1.82, 2.24) is 4.98 Å². The lowest BCUT2D eigenvalue weighted by Crippen LogP contribution is -2.24. The number of nitrogens with zero attached hydrogens (tertiary/aromatic N) is 2. The third kappa shape index (κ3) is 6.19. The van der Waals surface area contributed by atoms with E-state index in [1.807, 2.05) is 61.5 Å². The van der Waals surface area contributed by atoms with Crippen molar-refractivity contribution >= 4 is 51.7 Å². The summed E-state index contributed by atoms with van der Waals surface area (Å²) in [7, 11) is 0. The molecule has 0 bridgehead atoms. The molecule has 1 heterocycles. The molecule has 1 aromatic heterocycles. The zero-order valence-corrected chi connectivity index (χ0v) is 22.2. The zero-order chi connectivity index (χ0) is 28.1. The summed E-state index contributed by atoms with van der Waals surface area (Å²) in [5.41, 5.74) is 3.50. The van der Waals surface area contributed by atoms with E-state index in [-0.39, 0.29) is 22.4 Å². The van der Waals surface area contributed by atoms with E-state index >= 15 is 0 Å². The molecule has 0 aliphatic rings. The number of nitro benzene ring substituents is 1. The summed E-state index contributed by atoms with van der Waals surface area (Å²) < 4.78 is 5.82. The Kier molecular flexibility index (Phi) is 7.88. The predicted molar refractivity (Wildman–Crippen MR) is 156 cm³/mol. The molecule has 2 amide bonds. The van der Waals surface area contributed by atoms with Gasteiger partial charge in [0.15, 0.2) is 5.58 Å². The van der Waals surface area contributed by atoms with E-state index in [2.05, 4.69) is 15.6 Å². The average molecular weight is 553 g/mol. The van der Waals surface area contributed by atoms with Crippen LogP contribution in [0.3, 0.4) is 0 Å². The molecule has 0 aliphatic carbocycles. The molecule has 0 saturated heterocycles. The van der Waals surface area contributed by atoms with Crippen LogP contribution in [0.5, 0.6) is 0 Å². The topological polar surface area (TPSA) is 127 Å². The van der Waals surface area contributed by atoms with Gasteiger partial charge < -0.3 is 15.1 Å². The van der Waals surface area contributed by atoms with Gasteiger partial charge in [0.05, 0.1) is 10.2 Å². The van der Waals surface area contributed by atoms with Crippen LogP contribution < -0.4 is 10.6 Å². The van der Waals surface area contributed by atoms with Gasteiger partial charge in [-0.05, 0) is 67.1 Å². The van der Waals surface area contributed by atoms with E-state index < -0.39 is 10.8 Å². The van der Waals surface area contributed by atoms with E-state index in [4.69, 9.17) is 4.42 Å². The van der Waals surface area contributed by atoms with E-state index in [9.17, 15) is 19.7 Å². The normalized spacial score (nSPS) is 11.6. The number of carbonyl (C=O) groups is 2. The van der Waals surface area contributed by atoms with Crippen LogP contribution in [0.15, 0.2) is 106 Å². The van der Waals surface area contributed by atoms with Gasteiger partial charge in [0, 0.05) is 39.5 Å². The fraction of sp³-hybridized carbons (Fsp3) is 0.100. The number of thioether (sulfide) groups is 1. The number of benzene rings is 4. The van der Waals surface area contributed by atoms with Crippen LogP contribution in [-0.2, 0) is 4.79 Å². The van der Waals surface area contributed by atoms with Crippen LogP contribution >= 0.6 is 11.8 Å². The smallest absolute Gasteiger partial charge is 0.270 e. The first kappa shape index (κ1) is 26.6. The molecular formula is C30H24N4O5S. The van der Waals surface area contributed by atoms with Crippen LogP contribution in [-0.4, -0.2) is 27.0 Å². The number of nitrogens with one attached hydrogen (secondary N) is 2. The number of amides is 2. The van der Waals surface area contributed by atoms with Crippen molar-refractivity contribution < 1.29 is 18.9 Å². The number of oxazole rings is 1. The minimum atomic E-state index is -0.545. The molecule has 5 rings (SSSR count). The predicted octanol–water partition coefficient (Wildman–Crippen LogP) is 7.16. The summed E-state index contributed by atoms with van der Waals surface area (Å²) >= 11 is 1.38. The van der Waals surface area contributed by atoms with Crippen molar-refractivity contribution in [2.24, 2.45) is 0 Å². The number of hydrogen-bond donors (Lipinski definition) is 2. The number of aromatic nitrogens is 1. The number of para-hydroxylation sites is 2. The molecule has 0 saturated carbocycles. The zero-order valence-electron chi connectivity index (χ0n) is 21.4. The Labute approximate surface area is 233 Å². The molecule has 2 N–H and O–H groups in total. The molecule has 0 spiro atoms. The standard InChI is InChI=1S/C30H24N4O5S/c1-2-27(29(36)31-21-15-13-19(14-16-21)30-33-25-11-3-4-12-26(25)39-30)40-24-10-6-8-22(18-24)32-28(35)20-7-5-9-23(17-20)34(37)38/h3-18,27H,2H2,1H3,(H,31,36)(H,32,35). The first-order chi connectivity index (χ1) is 19.4. The molecule has 5 aromatic rings. The van der Waals surface area contributed by atoms with E-state index in [0.29, 0.717) is 29.3 Å². The fourth-order valence-corrected chi connectivity index (χ4v) is 5.03. The molecule has 200 valence electrons. The lowest BCUT2D eigenvalue weighted by molar-refractivity contribution is -0.384. The lowest BCUT2D eigenvalue weighted by Gasteiger charge is -2.15. The maximum absolute atomic E-state index is 13.1. The average Bonchev–Trinajstić information content (AvgIpc) is 3.41. The van der Waals surface area contributed by atoms with Gasteiger partial charge in [-0.15, -0.1) is 11.8 Å². The van der Waals surface area contributed by atoms with Gasteiger partial charge in [-0.1, -0.05) is 31.2 Å². The summed E-state index contributed by atoms with van der Waals surface area (Å²) in [6.07, 6.45) is 0.585. The maximum Gasteiger partial charge on any atom is 0.270 e. The van der Waals surface area contributed by atoms with Crippen molar-refractivity contribution in [2.45, 2.75) is 23.5 Å². The molecule has 40 heavy (non-hydrogen) atoms. The Hall–Kier alpha value is -4.96. The first-order valence-corrected chi connectivity index (χ1v) is 13.4. The van der Waals surface area contributed by atoms with E-state index in [1.54, 1.807) is 18.2 Å². The SMILES string of the molecule is CCC(Sc1cccc(NC(=O)c2cccc([N+](=O)[O-])c2)c1)C(=O)Nc1ccc(-c2nc3ccccc3o2)cc1. The Morgan fingerprint density at radius 2 is 1.70 bits per heavy atom. The second kappa shape index (κ2) is 11.8. The Balaban J connectivity index is 1.22. The second-order valence-electron chi connectivity index (χ2n) is 8.86. The number of hydrogen-bond acceptors (Lipinski definition) is 7. The molecule has 0 fully saturated rings. The molecule has 9 nitrogen and oxygen atoms in total. The molecular weight excluding hydrogens is 528 g/mol. The van der Waals surface area contributed by atoms with Gasteiger partial charge in [-0.2, -0.15) is 0 Å². The number of rotatable bonds is 9. The largest absolute Gasteiger partial charge is 0.436 e. The van der Waals surface area contributed by atoms with E-state index in [0.717, 1.165) is 16.0 Å². The fourth-order valence-electron chi connectivity index (χ4n) is 4.01. The van der Waals surface area contributed by atoms with Gasteiger partial charge in [-0.25, -0.2) is 4.98 Å². The highest BCUT2D eigenvalue weighted by molar-refractivity contribution is 8.00. The van der Waals surface area contributed by atoms with Gasteiger partial charge in [0.25, 0.3) is 11.6 Å². The van der Waals surface area contributed by atoms with Gasteiger partial charge >= 0.3 is 0 Å². The summed E-state index contributed by atoms with van der Waals surface area (Å²) in [6, 6.07) is 27.5. The van der Waals surface area contributed by atoms with Gasteiger partial charge in [-0.3, -0.25) is 19.7 Å². The Bertz CT molecular complexity index is 1670. The van der Waals surface area contributed by atoms with Crippen LogP contribution in [0.4, 0.5) is 17.1 Å². The number of anilines is 2. The van der Waals surface area contributed by atoms with Crippen molar-refractivity contribution in [1.29, 1.82) is 0 Å². The van der Waals surface area contributed by atoms with Crippen LogP contribution in [0.1, 0.15) is 23.7 Å². The molecule has 4 aromatic carbocycles. The summed E-state index contributed by atoms with van der Waals surface area (Å²) in [5.74, 6) is -0.0939. The third-order valence-corrected chi connectivity index (χ3v) is 7.40. The summed E-state index contributed by atoms with van der Waals surface area (Å²) in [5, 5.41) is 16.4. The monoisotopic (exact) mass is 552 g/mol. The minimum absolute atomic E-state index is 0.145. The molecule has 1 atom stereocenters. The highest BCUT2D eigenvalue weighted by Gasteiger charge is 2.19. The summed E-state index contributed by atoms with van der Waals surface area (Å²) in [4.78, 5) is 41.5. The van der Waals surface area contributed by atoms with Gasteiger partial charge in [0.2, 0.25) is 11.8 Å². The van der Waals surface area contributed by atoms with Crippen molar-refractivity contribution in [3.05, 3.63) is 113 Å². The molecule has 0 radical (unpaired) electrons. The van der Waals surface area contributed by atoms with E-state index in [1.165, 1.54) is 36.0 Å². The first-order valence-electron chi connectivity index (χ1n) is 12.5. The second-order valence-corrected chi connectivity index (χ2v) is 10.1. The third-order valence-electron chi connectivity index (χ3n) is 6.05. The molecule has 1 unspecified atom stereocenters. The number of carbonyl (C=O) groups excluding carboxylic acids is 2. The van der Waals surface area contributed by atoms with Crippen LogP contribution in [0.2, 0.25) is 0 Å². The van der Waals surface area contributed by atoms with Crippen LogP contribution in [0.25, 0.3) is 22.6 Å². The van der Waals surface area contributed by atoms with Crippen molar-refractivity contribution in [3.63, 3.8) is 0 Å². The van der Waals surface area contributed by atoms with Gasteiger partial charge in [0.1, 0.15) is 5.52 Å². The lowest BCUT2D eigenvalue weighted by atomic mass is 10.2. The quantitative estimate of drug-likeness (QED) is 0.113. The number of nitro groups is 1.